The van der Waals surface area contributed by atoms with Crippen LogP contribution in [0, 0.1) is 5.92 Å². The van der Waals surface area contributed by atoms with Gasteiger partial charge in [-0.2, -0.15) is 0 Å². The van der Waals surface area contributed by atoms with Gasteiger partial charge in [-0.05, 0) is 53.9 Å². The average molecular weight is 534 g/mol. The van der Waals surface area contributed by atoms with Gasteiger partial charge in [0.05, 0.1) is 16.6 Å². The van der Waals surface area contributed by atoms with Gasteiger partial charge in [-0.25, -0.2) is 0 Å². The number of para-hydroxylation sites is 2. The lowest BCUT2D eigenvalue weighted by atomic mass is 9.57. The summed E-state index contributed by atoms with van der Waals surface area (Å²) in [5.74, 6) is -1.52. The van der Waals surface area contributed by atoms with Crippen LogP contribution in [0.5, 0.6) is 0 Å². The second-order valence-electron chi connectivity index (χ2n) is 10.9. The van der Waals surface area contributed by atoms with Crippen molar-refractivity contribution in [3.05, 3.63) is 107 Å². The number of anilines is 2. The van der Waals surface area contributed by atoms with Gasteiger partial charge in [-0.15, -0.1) is 0 Å². The van der Waals surface area contributed by atoms with E-state index < -0.39 is 16.9 Å². The van der Waals surface area contributed by atoms with Crippen molar-refractivity contribution < 1.29 is 14.4 Å². The molecule has 4 aromatic carbocycles. The number of carbonyl (C=O) groups is 3. The molecule has 2 N–H and O–H groups in total. The van der Waals surface area contributed by atoms with E-state index in [-0.39, 0.29) is 23.6 Å². The standard InChI is InChI=1S/C32H24ClN3O3/c33-23-11-5-10-22-27(23)35-30(39)32(22)31(21-9-3-4-12-24(21)34-29(31)38)26(25-13-6-16-36(25)32)28(37)20-15-14-18-7-1-2-8-19(18)17-20/h1-5,7-12,14-15,17,25-26H,6,13,16H2,(H,34,38)(H,35,39). The molecule has 2 saturated heterocycles. The maximum atomic E-state index is 14.8. The molecule has 0 aromatic heterocycles. The molecule has 7 heteroatoms. The lowest BCUT2D eigenvalue weighted by Gasteiger charge is -2.43. The molecule has 4 heterocycles. The van der Waals surface area contributed by atoms with Gasteiger partial charge in [-0.3, -0.25) is 19.3 Å². The average Bonchev–Trinajstić information content (AvgIpc) is 3.67. The molecule has 8 rings (SSSR count). The lowest BCUT2D eigenvalue weighted by molar-refractivity contribution is -0.137. The van der Waals surface area contributed by atoms with Crippen LogP contribution in [-0.2, 0) is 20.5 Å². The number of ketones is 1. The van der Waals surface area contributed by atoms with Gasteiger partial charge in [0, 0.05) is 22.9 Å². The van der Waals surface area contributed by atoms with Crippen LogP contribution in [0.3, 0.4) is 0 Å². The van der Waals surface area contributed by atoms with Crippen LogP contribution in [0.4, 0.5) is 11.4 Å². The highest BCUT2D eigenvalue weighted by molar-refractivity contribution is 6.35. The van der Waals surface area contributed by atoms with E-state index in [4.69, 9.17) is 11.6 Å². The Balaban J connectivity index is 1.46. The summed E-state index contributed by atoms with van der Waals surface area (Å²) in [5, 5.41) is 8.52. The number of halogens is 1. The molecule has 0 aliphatic carbocycles. The van der Waals surface area contributed by atoms with E-state index in [1.807, 2.05) is 78.9 Å². The first-order chi connectivity index (χ1) is 19.0. The fraction of sp³-hybridized carbons (Fsp3) is 0.219. The summed E-state index contributed by atoms with van der Waals surface area (Å²) in [6.07, 6.45) is 1.54. The van der Waals surface area contributed by atoms with Gasteiger partial charge in [0.2, 0.25) is 5.91 Å². The molecule has 2 spiro atoms. The Morgan fingerprint density at radius 2 is 1.62 bits per heavy atom. The predicted molar refractivity (Wildman–Crippen MR) is 150 cm³/mol. The number of amides is 2. The van der Waals surface area contributed by atoms with Gasteiger partial charge in [0.1, 0.15) is 11.0 Å². The van der Waals surface area contributed by atoms with Crippen LogP contribution in [0.1, 0.15) is 34.3 Å². The number of nitrogens with one attached hydrogen (secondary N) is 2. The predicted octanol–water partition coefficient (Wildman–Crippen LogP) is 5.51. The van der Waals surface area contributed by atoms with Gasteiger partial charge in [-0.1, -0.05) is 78.3 Å². The molecule has 0 radical (unpaired) electrons. The largest absolute Gasteiger partial charge is 0.325 e. The number of fused-ring (bicyclic) bond motifs is 8. The summed E-state index contributed by atoms with van der Waals surface area (Å²) in [6, 6.07) is 26.3. The van der Waals surface area contributed by atoms with E-state index in [9.17, 15) is 14.4 Å². The fourth-order valence-electron chi connectivity index (χ4n) is 8.09. The van der Waals surface area contributed by atoms with E-state index in [0.717, 1.165) is 17.2 Å². The van der Waals surface area contributed by atoms with Crippen molar-refractivity contribution in [1.29, 1.82) is 0 Å². The van der Waals surface area contributed by atoms with Crippen LogP contribution in [0.15, 0.2) is 84.9 Å². The fourth-order valence-corrected chi connectivity index (χ4v) is 8.31. The number of carbonyl (C=O) groups excluding carboxylic acids is 3. The molecule has 2 amide bonds. The van der Waals surface area contributed by atoms with E-state index in [1.54, 1.807) is 6.07 Å². The van der Waals surface area contributed by atoms with Crippen LogP contribution in [0.2, 0.25) is 5.02 Å². The first kappa shape index (κ1) is 22.9. The zero-order valence-electron chi connectivity index (χ0n) is 20.9. The monoisotopic (exact) mass is 533 g/mol. The Labute approximate surface area is 230 Å². The third-order valence-corrected chi connectivity index (χ3v) is 9.71. The quantitative estimate of drug-likeness (QED) is 0.333. The van der Waals surface area contributed by atoms with E-state index in [1.165, 1.54) is 0 Å². The van der Waals surface area contributed by atoms with Gasteiger partial charge in [0.25, 0.3) is 5.91 Å². The number of rotatable bonds is 2. The second kappa shape index (κ2) is 7.78. The van der Waals surface area contributed by atoms with Crippen molar-refractivity contribution in [2.75, 3.05) is 17.2 Å². The number of hydrogen-bond donors (Lipinski definition) is 2. The zero-order chi connectivity index (χ0) is 26.5. The highest BCUT2D eigenvalue weighted by Crippen LogP contribution is 2.68. The van der Waals surface area contributed by atoms with Gasteiger partial charge >= 0.3 is 0 Å². The molecule has 2 fully saturated rings. The Hall–Kier alpha value is -4.00. The minimum absolute atomic E-state index is 0.121. The van der Waals surface area contributed by atoms with Crippen LogP contribution < -0.4 is 10.6 Å². The maximum absolute atomic E-state index is 14.8. The van der Waals surface area contributed by atoms with Crippen molar-refractivity contribution in [3.63, 3.8) is 0 Å². The van der Waals surface area contributed by atoms with E-state index in [0.29, 0.717) is 46.1 Å². The van der Waals surface area contributed by atoms with Crippen molar-refractivity contribution in [2.24, 2.45) is 5.92 Å². The highest BCUT2D eigenvalue weighted by atomic mass is 35.5. The molecular weight excluding hydrogens is 510 g/mol. The summed E-state index contributed by atoms with van der Waals surface area (Å²) in [7, 11) is 0. The van der Waals surface area contributed by atoms with Crippen molar-refractivity contribution >= 4 is 51.3 Å². The Bertz CT molecular complexity index is 1770. The van der Waals surface area contributed by atoms with E-state index >= 15 is 0 Å². The minimum Gasteiger partial charge on any atom is -0.325 e. The molecule has 192 valence electrons. The normalized spacial score (nSPS) is 28.5. The summed E-state index contributed by atoms with van der Waals surface area (Å²) in [6.45, 7) is 0.600. The Morgan fingerprint density at radius 1 is 0.846 bits per heavy atom. The third-order valence-electron chi connectivity index (χ3n) is 9.40. The third kappa shape index (κ3) is 2.59. The second-order valence-corrected chi connectivity index (χ2v) is 11.3. The van der Waals surface area contributed by atoms with Crippen molar-refractivity contribution in [3.8, 4) is 0 Å². The summed E-state index contributed by atoms with van der Waals surface area (Å²) < 4.78 is 0. The van der Waals surface area contributed by atoms with Crippen LogP contribution >= 0.6 is 11.6 Å². The first-order valence-corrected chi connectivity index (χ1v) is 13.7. The first-order valence-electron chi connectivity index (χ1n) is 13.3. The maximum Gasteiger partial charge on any atom is 0.251 e. The topological polar surface area (TPSA) is 78.5 Å². The van der Waals surface area contributed by atoms with E-state index in [2.05, 4.69) is 15.5 Å². The zero-order valence-corrected chi connectivity index (χ0v) is 21.7. The molecule has 39 heavy (non-hydrogen) atoms. The minimum atomic E-state index is -1.47. The molecular formula is C32H24ClN3O3. The van der Waals surface area contributed by atoms with Gasteiger partial charge in [0.15, 0.2) is 5.78 Å². The molecule has 0 saturated carbocycles. The molecule has 4 aromatic rings. The van der Waals surface area contributed by atoms with Crippen molar-refractivity contribution in [2.45, 2.75) is 29.8 Å². The SMILES string of the molecule is O=C(c1ccc2ccccc2c1)C1C2CCCN2C2(C(=O)Nc3c(Cl)cccc32)C12C(=O)Nc1ccccc12. The Morgan fingerprint density at radius 3 is 2.49 bits per heavy atom. The molecule has 0 bridgehead atoms. The Kier molecular flexibility index (Phi) is 4.57. The molecule has 6 nitrogen and oxygen atoms in total. The summed E-state index contributed by atoms with van der Waals surface area (Å²) >= 11 is 6.62. The highest BCUT2D eigenvalue weighted by Gasteiger charge is 2.81. The van der Waals surface area contributed by atoms with Crippen LogP contribution in [-0.4, -0.2) is 35.1 Å². The molecule has 4 aliphatic rings. The van der Waals surface area contributed by atoms with Crippen molar-refractivity contribution in [1.82, 2.24) is 4.90 Å². The smallest absolute Gasteiger partial charge is 0.251 e. The lowest BCUT2D eigenvalue weighted by Crippen LogP contribution is -2.62. The van der Waals surface area contributed by atoms with Gasteiger partial charge < -0.3 is 10.6 Å². The summed E-state index contributed by atoms with van der Waals surface area (Å²) in [4.78, 5) is 45.9. The summed E-state index contributed by atoms with van der Waals surface area (Å²) in [5.41, 5.74) is 0.162. The molecule has 4 aliphatic heterocycles. The molecule has 4 atom stereocenters. The number of Topliss-reactive ketones (excluding diaryl/α,β-unsaturated/α-hetero) is 1. The van der Waals surface area contributed by atoms with Crippen LogP contribution in [0.25, 0.3) is 10.8 Å². The molecule has 4 unspecified atom stereocenters. The number of nitrogens with zero attached hydrogens (tertiary/aromatic N) is 1. The number of hydrogen-bond acceptors (Lipinski definition) is 4. The number of benzene rings is 4.